The third kappa shape index (κ3) is 5.63. The molecule has 1 rings (SSSR count). The van der Waals surface area contributed by atoms with Gasteiger partial charge >= 0.3 is 6.03 Å². The molecular weight excluding hydrogens is 258 g/mol. The lowest BCUT2D eigenvalue weighted by molar-refractivity contribution is 0.147. The van der Waals surface area contributed by atoms with Crippen LogP contribution in [0.2, 0.25) is 0 Å². The predicted octanol–water partition coefficient (Wildman–Crippen LogP) is 1.34. The Bertz CT molecular complexity index is 381. The summed E-state index contributed by atoms with van der Waals surface area (Å²) in [6, 6.07) is 3.59. The van der Waals surface area contributed by atoms with E-state index in [1.807, 2.05) is 7.05 Å². The molecule has 0 radical (unpaired) electrons. The van der Waals surface area contributed by atoms with Crippen molar-refractivity contribution >= 4 is 6.03 Å². The molecule has 0 saturated heterocycles. The number of carbonyl (C=O) groups excluding carboxylic acids is 1. The number of urea groups is 1. The van der Waals surface area contributed by atoms with Gasteiger partial charge in [0.15, 0.2) is 0 Å². The number of amides is 2. The summed E-state index contributed by atoms with van der Waals surface area (Å²) in [5, 5.41) is 15.1. The third-order valence-corrected chi connectivity index (χ3v) is 3.42. The summed E-state index contributed by atoms with van der Waals surface area (Å²) in [5.74, 6) is 0.446. The zero-order valence-corrected chi connectivity index (χ0v) is 12.4. The van der Waals surface area contributed by atoms with Crippen molar-refractivity contribution in [2.75, 3.05) is 26.7 Å². The Morgan fingerprint density at radius 3 is 2.85 bits per heavy atom. The highest BCUT2D eigenvalue weighted by atomic mass is 16.4. The van der Waals surface area contributed by atoms with E-state index in [9.17, 15) is 9.90 Å². The Balaban J connectivity index is 2.14. The number of hydrogen-bond donors (Lipinski definition) is 3. The van der Waals surface area contributed by atoms with Crippen LogP contribution >= 0.6 is 0 Å². The lowest BCUT2D eigenvalue weighted by Gasteiger charge is -2.23. The summed E-state index contributed by atoms with van der Waals surface area (Å²) >= 11 is 0. The van der Waals surface area contributed by atoms with Gasteiger partial charge in [-0.2, -0.15) is 0 Å². The molecule has 2 unspecified atom stereocenters. The maximum atomic E-state index is 11.6. The summed E-state index contributed by atoms with van der Waals surface area (Å²) in [7, 11) is 2.04. The van der Waals surface area contributed by atoms with E-state index in [1.54, 1.807) is 12.1 Å². The normalized spacial score (nSPS) is 14.1. The molecule has 20 heavy (non-hydrogen) atoms. The van der Waals surface area contributed by atoms with Crippen molar-refractivity contribution in [2.45, 2.75) is 32.4 Å². The number of carbonyl (C=O) groups is 1. The van der Waals surface area contributed by atoms with Crippen LogP contribution < -0.4 is 10.6 Å². The van der Waals surface area contributed by atoms with Gasteiger partial charge in [-0.25, -0.2) is 4.79 Å². The molecule has 1 heterocycles. The van der Waals surface area contributed by atoms with Gasteiger partial charge in [0.1, 0.15) is 11.9 Å². The zero-order valence-electron chi connectivity index (χ0n) is 12.4. The molecule has 6 heteroatoms. The Morgan fingerprint density at radius 2 is 2.25 bits per heavy atom. The highest BCUT2D eigenvalue weighted by Gasteiger charge is 2.12. The van der Waals surface area contributed by atoms with Crippen molar-refractivity contribution < 1.29 is 14.3 Å². The molecule has 0 aliphatic heterocycles. The second kappa shape index (κ2) is 8.60. The van der Waals surface area contributed by atoms with E-state index in [1.165, 1.54) is 6.26 Å². The van der Waals surface area contributed by atoms with Gasteiger partial charge in [0.2, 0.25) is 0 Å². The maximum Gasteiger partial charge on any atom is 0.314 e. The molecule has 0 aliphatic carbocycles. The number of nitrogens with zero attached hydrogens (tertiary/aromatic N) is 1. The van der Waals surface area contributed by atoms with Crippen molar-refractivity contribution in [3.05, 3.63) is 24.2 Å². The molecule has 2 amide bonds. The summed E-state index contributed by atoms with van der Waals surface area (Å²) in [6.07, 6.45) is 1.75. The highest BCUT2D eigenvalue weighted by Crippen LogP contribution is 2.11. The number of furan rings is 1. The first kappa shape index (κ1) is 16.5. The van der Waals surface area contributed by atoms with Crippen molar-refractivity contribution in [1.82, 2.24) is 15.5 Å². The van der Waals surface area contributed by atoms with E-state index in [-0.39, 0.29) is 12.6 Å². The maximum absolute atomic E-state index is 11.6. The number of nitrogens with one attached hydrogen (secondary N) is 2. The lowest BCUT2D eigenvalue weighted by atomic mass is 10.2. The first-order valence-corrected chi connectivity index (χ1v) is 6.98. The Kier molecular flexibility index (Phi) is 7.11. The quantitative estimate of drug-likeness (QED) is 0.673. The standard InChI is InChI=1S/C14H25N3O3/c1-4-11(2)17(3)8-7-15-14(19)16-10-12(18)13-6-5-9-20-13/h5-6,9,11-12,18H,4,7-8,10H2,1-3H3,(H2,15,16,19). The molecule has 0 fully saturated rings. The molecule has 6 nitrogen and oxygen atoms in total. The number of hydrogen-bond acceptors (Lipinski definition) is 4. The van der Waals surface area contributed by atoms with Crippen LogP contribution in [-0.2, 0) is 0 Å². The molecule has 3 N–H and O–H groups in total. The van der Waals surface area contributed by atoms with Crippen LogP contribution in [0.4, 0.5) is 4.79 Å². The molecule has 0 saturated carbocycles. The summed E-state index contributed by atoms with van der Waals surface area (Å²) in [5.41, 5.74) is 0. The molecule has 2 atom stereocenters. The van der Waals surface area contributed by atoms with Gasteiger partial charge in [0, 0.05) is 19.1 Å². The number of aliphatic hydroxyl groups excluding tert-OH is 1. The van der Waals surface area contributed by atoms with Gasteiger partial charge in [0.05, 0.1) is 12.8 Å². The fraction of sp³-hybridized carbons (Fsp3) is 0.643. The molecule has 114 valence electrons. The molecular formula is C14H25N3O3. The smallest absolute Gasteiger partial charge is 0.314 e. The van der Waals surface area contributed by atoms with Crippen LogP contribution in [-0.4, -0.2) is 48.8 Å². The first-order valence-electron chi connectivity index (χ1n) is 6.98. The Labute approximate surface area is 120 Å². The molecule has 1 aromatic heterocycles. The minimum Gasteiger partial charge on any atom is -0.467 e. The van der Waals surface area contributed by atoms with E-state index in [0.717, 1.165) is 13.0 Å². The van der Waals surface area contributed by atoms with Crippen LogP contribution in [0, 0.1) is 0 Å². The summed E-state index contributed by atoms with van der Waals surface area (Å²) in [4.78, 5) is 13.7. The van der Waals surface area contributed by atoms with Gasteiger partial charge in [-0.1, -0.05) is 6.92 Å². The summed E-state index contributed by atoms with van der Waals surface area (Å²) < 4.78 is 5.05. The van der Waals surface area contributed by atoms with Gasteiger partial charge < -0.3 is 25.1 Å². The number of likely N-dealkylation sites (N-methyl/N-ethyl adjacent to an activating group) is 1. The van der Waals surface area contributed by atoms with Crippen molar-refractivity contribution in [1.29, 1.82) is 0 Å². The third-order valence-electron chi connectivity index (χ3n) is 3.42. The average molecular weight is 283 g/mol. The lowest BCUT2D eigenvalue weighted by Crippen LogP contribution is -2.42. The number of aliphatic hydroxyl groups is 1. The fourth-order valence-corrected chi connectivity index (χ4v) is 1.71. The number of rotatable bonds is 8. The van der Waals surface area contributed by atoms with Crippen molar-refractivity contribution in [3.63, 3.8) is 0 Å². The average Bonchev–Trinajstić information content (AvgIpc) is 2.97. The minimum atomic E-state index is -0.821. The van der Waals surface area contributed by atoms with Crippen LogP contribution in [0.5, 0.6) is 0 Å². The predicted molar refractivity (Wildman–Crippen MR) is 77.5 cm³/mol. The van der Waals surface area contributed by atoms with Crippen LogP contribution in [0.3, 0.4) is 0 Å². The van der Waals surface area contributed by atoms with E-state index in [4.69, 9.17) is 4.42 Å². The van der Waals surface area contributed by atoms with E-state index in [2.05, 4.69) is 29.4 Å². The molecule has 0 spiro atoms. The molecule has 0 aromatic carbocycles. The van der Waals surface area contributed by atoms with Crippen LogP contribution in [0.1, 0.15) is 32.1 Å². The Morgan fingerprint density at radius 1 is 1.50 bits per heavy atom. The van der Waals surface area contributed by atoms with E-state index in [0.29, 0.717) is 18.3 Å². The van der Waals surface area contributed by atoms with Gasteiger partial charge in [-0.05, 0) is 32.5 Å². The zero-order chi connectivity index (χ0) is 15.0. The van der Waals surface area contributed by atoms with Crippen LogP contribution in [0.25, 0.3) is 0 Å². The SMILES string of the molecule is CCC(C)N(C)CCNC(=O)NCC(O)c1ccco1. The molecule has 0 aliphatic rings. The minimum absolute atomic E-state index is 0.126. The topological polar surface area (TPSA) is 77.7 Å². The molecule has 0 bridgehead atoms. The first-order chi connectivity index (χ1) is 9.54. The largest absolute Gasteiger partial charge is 0.467 e. The van der Waals surface area contributed by atoms with Crippen LogP contribution in [0.15, 0.2) is 22.8 Å². The molecule has 1 aromatic rings. The summed E-state index contributed by atoms with van der Waals surface area (Å²) in [6.45, 7) is 5.78. The second-order valence-corrected chi connectivity index (χ2v) is 4.91. The fourth-order valence-electron chi connectivity index (χ4n) is 1.71. The van der Waals surface area contributed by atoms with E-state index >= 15 is 0 Å². The van der Waals surface area contributed by atoms with Gasteiger partial charge in [-0.15, -0.1) is 0 Å². The highest BCUT2D eigenvalue weighted by molar-refractivity contribution is 5.73. The van der Waals surface area contributed by atoms with Gasteiger partial charge in [0.25, 0.3) is 0 Å². The Hall–Kier alpha value is -1.53. The van der Waals surface area contributed by atoms with Gasteiger partial charge in [-0.3, -0.25) is 0 Å². The second-order valence-electron chi connectivity index (χ2n) is 4.91. The van der Waals surface area contributed by atoms with Crippen molar-refractivity contribution in [2.24, 2.45) is 0 Å². The van der Waals surface area contributed by atoms with Crippen molar-refractivity contribution in [3.8, 4) is 0 Å². The van der Waals surface area contributed by atoms with E-state index < -0.39 is 6.10 Å². The monoisotopic (exact) mass is 283 g/mol.